The quantitative estimate of drug-likeness (QED) is 0.896. The number of hydrogen-bond acceptors (Lipinski definition) is 5. The van der Waals surface area contributed by atoms with E-state index in [0.717, 1.165) is 30.8 Å². The minimum Gasteiger partial charge on any atom is -0.346 e. The van der Waals surface area contributed by atoms with Gasteiger partial charge >= 0.3 is 0 Å². The first kappa shape index (κ1) is 12.2. The zero-order valence-corrected chi connectivity index (χ0v) is 10.7. The smallest absolute Gasteiger partial charge is 0.291 e. The maximum atomic E-state index is 12.5. The third-order valence-electron chi connectivity index (χ3n) is 4.04. The van der Waals surface area contributed by atoms with E-state index in [9.17, 15) is 8.78 Å². The van der Waals surface area contributed by atoms with Gasteiger partial charge in [-0.3, -0.25) is 0 Å². The van der Waals surface area contributed by atoms with Crippen molar-refractivity contribution in [2.75, 3.05) is 18.0 Å². The Morgan fingerprint density at radius 1 is 1.28 bits per heavy atom. The molecule has 0 amide bonds. The first-order chi connectivity index (χ1) is 8.65. The van der Waals surface area contributed by atoms with Crippen LogP contribution in [0.15, 0.2) is 0 Å². The summed E-state index contributed by atoms with van der Waals surface area (Å²) in [5.74, 6) is 1.07. The lowest BCUT2D eigenvalue weighted by Crippen LogP contribution is -2.38. The molecule has 4 nitrogen and oxygen atoms in total. The Morgan fingerprint density at radius 2 is 2.11 bits per heavy atom. The van der Waals surface area contributed by atoms with Crippen LogP contribution in [0.4, 0.5) is 13.9 Å². The lowest BCUT2D eigenvalue weighted by molar-refractivity contribution is 0.150. The van der Waals surface area contributed by atoms with Gasteiger partial charge in [0.2, 0.25) is 5.13 Å². The zero-order valence-electron chi connectivity index (χ0n) is 9.93. The molecule has 3 atom stereocenters. The van der Waals surface area contributed by atoms with Gasteiger partial charge < -0.3 is 10.6 Å². The highest BCUT2D eigenvalue weighted by Crippen LogP contribution is 2.39. The molecule has 18 heavy (non-hydrogen) atoms. The lowest BCUT2D eigenvalue weighted by atomic mass is 9.78. The van der Waals surface area contributed by atoms with E-state index in [-0.39, 0.29) is 11.0 Å². The highest BCUT2D eigenvalue weighted by atomic mass is 32.1. The summed E-state index contributed by atoms with van der Waals surface area (Å²) >= 11 is 0.998. The van der Waals surface area contributed by atoms with E-state index >= 15 is 0 Å². The second-order valence-electron chi connectivity index (χ2n) is 5.15. The first-order valence-corrected chi connectivity index (χ1v) is 7.09. The summed E-state index contributed by atoms with van der Waals surface area (Å²) in [7, 11) is 0. The van der Waals surface area contributed by atoms with Gasteiger partial charge in [0, 0.05) is 19.1 Å². The highest BCUT2D eigenvalue weighted by Gasteiger charge is 2.39. The van der Waals surface area contributed by atoms with E-state index < -0.39 is 6.43 Å². The number of nitrogens with two attached hydrogens (primary N) is 1. The molecular weight excluding hydrogens is 258 g/mol. The third kappa shape index (κ3) is 2.09. The summed E-state index contributed by atoms with van der Waals surface area (Å²) in [5.41, 5.74) is 6.13. The molecule has 0 spiro atoms. The lowest BCUT2D eigenvalue weighted by Gasteiger charge is -2.29. The number of hydrogen-bond donors (Lipinski definition) is 1. The average Bonchev–Trinajstić information content (AvgIpc) is 2.95. The largest absolute Gasteiger partial charge is 0.346 e. The fourth-order valence-corrected chi connectivity index (χ4v) is 3.83. The number of rotatable bonds is 2. The van der Waals surface area contributed by atoms with Crippen molar-refractivity contribution in [1.29, 1.82) is 0 Å². The van der Waals surface area contributed by atoms with E-state index in [1.54, 1.807) is 0 Å². The average molecular weight is 274 g/mol. The molecular formula is C11H16F2N4S. The Hall–Kier alpha value is -0.820. The van der Waals surface area contributed by atoms with Gasteiger partial charge in [-0.25, -0.2) is 8.78 Å². The van der Waals surface area contributed by atoms with Crippen LogP contribution >= 0.6 is 11.3 Å². The molecule has 0 radical (unpaired) electrons. The molecule has 2 fully saturated rings. The molecule has 2 N–H and O–H groups in total. The van der Waals surface area contributed by atoms with Crippen molar-refractivity contribution in [3.8, 4) is 0 Å². The number of aromatic nitrogens is 2. The summed E-state index contributed by atoms with van der Waals surface area (Å²) in [6.45, 7) is 1.72. The highest BCUT2D eigenvalue weighted by molar-refractivity contribution is 7.15. The predicted octanol–water partition coefficient (Wildman–Crippen LogP) is 2.04. The maximum Gasteiger partial charge on any atom is 0.291 e. The van der Waals surface area contributed by atoms with Gasteiger partial charge in [0.25, 0.3) is 6.43 Å². The van der Waals surface area contributed by atoms with Crippen molar-refractivity contribution in [2.45, 2.75) is 31.7 Å². The standard InChI is InChI=1S/C11H16F2N4S/c12-9(13)10-15-16-11(18-10)17-4-6-2-1-3-8(14)7(6)5-17/h6-9H,1-5,14H2. The summed E-state index contributed by atoms with van der Waals surface area (Å²) in [6, 6.07) is 0.247. The van der Waals surface area contributed by atoms with E-state index in [1.165, 1.54) is 12.8 Å². The van der Waals surface area contributed by atoms with Gasteiger partial charge in [-0.1, -0.05) is 17.8 Å². The number of nitrogens with zero attached hydrogens (tertiary/aromatic N) is 3. The molecule has 3 rings (SSSR count). The minimum absolute atomic E-state index is 0.191. The van der Waals surface area contributed by atoms with Crippen molar-refractivity contribution < 1.29 is 8.78 Å². The van der Waals surface area contributed by atoms with Crippen LogP contribution in [-0.4, -0.2) is 29.3 Å². The van der Waals surface area contributed by atoms with Crippen molar-refractivity contribution >= 4 is 16.5 Å². The predicted molar refractivity (Wildman–Crippen MR) is 65.9 cm³/mol. The second-order valence-corrected chi connectivity index (χ2v) is 6.13. The zero-order chi connectivity index (χ0) is 12.7. The normalized spacial score (nSPS) is 32.0. The molecule has 3 unspecified atom stereocenters. The van der Waals surface area contributed by atoms with Gasteiger partial charge in [-0.05, 0) is 24.7 Å². The van der Waals surface area contributed by atoms with Crippen LogP contribution in [-0.2, 0) is 0 Å². The summed E-state index contributed by atoms with van der Waals surface area (Å²) < 4.78 is 25.0. The molecule has 7 heteroatoms. The number of halogens is 2. The number of alkyl halides is 2. The van der Waals surface area contributed by atoms with Gasteiger partial charge in [-0.2, -0.15) is 0 Å². The van der Waals surface area contributed by atoms with E-state index in [2.05, 4.69) is 15.1 Å². The Balaban J connectivity index is 1.74. The molecule has 1 aromatic rings. The molecule has 0 aromatic carbocycles. The van der Waals surface area contributed by atoms with E-state index in [4.69, 9.17) is 5.73 Å². The fourth-order valence-electron chi connectivity index (χ4n) is 3.12. The Bertz CT molecular complexity index is 425. The van der Waals surface area contributed by atoms with Crippen LogP contribution in [0.3, 0.4) is 0 Å². The molecule has 1 saturated heterocycles. The first-order valence-electron chi connectivity index (χ1n) is 6.27. The summed E-state index contributed by atoms with van der Waals surface area (Å²) in [6.07, 6.45) is 0.917. The SMILES string of the molecule is NC1CCCC2CN(c3nnc(C(F)F)s3)CC12. The third-order valence-corrected chi connectivity index (χ3v) is 5.03. The van der Waals surface area contributed by atoms with Crippen LogP contribution in [0.2, 0.25) is 0 Å². The van der Waals surface area contributed by atoms with Crippen molar-refractivity contribution in [3.05, 3.63) is 5.01 Å². The Kier molecular flexibility index (Phi) is 3.19. The van der Waals surface area contributed by atoms with E-state index in [1.807, 2.05) is 0 Å². The van der Waals surface area contributed by atoms with Gasteiger partial charge in [-0.15, -0.1) is 10.2 Å². The molecule has 2 aliphatic rings. The van der Waals surface area contributed by atoms with E-state index in [0.29, 0.717) is 17.0 Å². The molecule has 1 aliphatic heterocycles. The molecule has 2 heterocycles. The topological polar surface area (TPSA) is 55.0 Å². The molecule has 1 aliphatic carbocycles. The summed E-state index contributed by atoms with van der Waals surface area (Å²) in [4.78, 5) is 2.07. The van der Waals surface area contributed by atoms with Gasteiger partial charge in [0.1, 0.15) is 0 Å². The molecule has 1 aromatic heterocycles. The summed E-state index contributed by atoms with van der Waals surface area (Å²) in [5, 5.41) is 7.85. The second kappa shape index (κ2) is 4.70. The minimum atomic E-state index is -2.52. The fraction of sp³-hybridized carbons (Fsp3) is 0.818. The van der Waals surface area contributed by atoms with Crippen LogP contribution < -0.4 is 10.6 Å². The number of fused-ring (bicyclic) bond motifs is 1. The molecule has 100 valence electrons. The van der Waals surface area contributed by atoms with Crippen LogP contribution in [0.1, 0.15) is 30.7 Å². The maximum absolute atomic E-state index is 12.5. The van der Waals surface area contributed by atoms with Gasteiger partial charge in [0.05, 0.1) is 0 Å². The monoisotopic (exact) mass is 274 g/mol. The Labute approximate surface area is 108 Å². The van der Waals surface area contributed by atoms with Crippen molar-refractivity contribution in [3.63, 3.8) is 0 Å². The number of anilines is 1. The molecule has 1 saturated carbocycles. The van der Waals surface area contributed by atoms with Crippen molar-refractivity contribution in [1.82, 2.24) is 10.2 Å². The molecule has 0 bridgehead atoms. The van der Waals surface area contributed by atoms with Crippen LogP contribution in [0, 0.1) is 11.8 Å². The van der Waals surface area contributed by atoms with Crippen LogP contribution in [0.5, 0.6) is 0 Å². The van der Waals surface area contributed by atoms with Crippen molar-refractivity contribution in [2.24, 2.45) is 17.6 Å². The van der Waals surface area contributed by atoms with Gasteiger partial charge in [0.15, 0.2) is 5.01 Å². The Morgan fingerprint density at radius 3 is 2.78 bits per heavy atom. The van der Waals surface area contributed by atoms with Crippen LogP contribution in [0.25, 0.3) is 0 Å².